The Morgan fingerprint density at radius 3 is 1.78 bits per heavy atom. The Morgan fingerprint density at radius 2 is 1.19 bits per heavy atom. The van der Waals surface area contributed by atoms with Gasteiger partial charge in [-0.05, 0) is 26.2 Å². The maximum atomic E-state index is 3.54. The summed E-state index contributed by atoms with van der Waals surface area (Å²) in [6.45, 7) is 9.37. The molecule has 2 heteroatoms. The van der Waals surface area contributed by atoms with Gasteiger partial charge in [-0.2, -0.15) is 0 Å². The van der Waals surface area contributed by atoms with E-state index in [0.29, 0.717) is 12.0 Å². The van der Waals surface area contributed by atoms with Crippen LogP contribution in [0.2, 0.25) is 0 Å². The van der Waals surface area contributed by atoms with Crippen molar-refractivity contribution in [2.75, 3.05) is 0 Å². The van der Waals surface area contributed by atoms with Crippen LogP contribution in [0, 0.1) is 0 Å². The van der Waals surface area contributed by atoms with Crippen LogP contribution in [-0.4, -0.2) is 4.98 Å². The predicted molar refractivity (Wildman–Crippen MR) is 119 cm³/mol. The van der Waals surface area contributed by atoms with E-state index in [-0.39, 0.29) is 0 Å². The van der Waals surface area contributed by atoms with Crippen LogP contribution < -0.4 is 4.57 Å². The molecule has 0 amide bonds. The van der Waals surface area contributed by atoms with Crippen LogP contribution in [0.5, 0.6) is 0 Å². The minimum absolute atomic E-state index is 0.623. The number of H-pyrrole nitrogens is 1. The summed E-state index contributed by atoms with van der Waals surface area (Å²) in [5.41, 5.74) is 0. The van der Waals surface area contributed by atoms with Crippen molar-refractivity contribution < 1.29 is 4.57 Å². The summed E-state index contributed by atoms with van der Waals surface area (Å²) >= 11 is 0. The highest BCUT2D eigenvalue weighted by molar-refractivity contribution is 4.87. The average Bonchev–Trinajstić information content (AvgIpc) is 3.16. The minimum atomic E-state index is 0.623. The quantitative estimate of drug-likeness (QED) is 0.196. The Morgan fingerprint density at radius 1 is 0.704 bits per heavy atom. The Labute approximate surface area is 170 Å². The van der Waals surface area contributed by atoms with E-state index in [4.69, 9.17) is 0 Å². The van der Waals surface area contributed by atoms with Crippen molar-refractivity contribution >= 4 is 0 Å². The molecule has 0 spiro atoms. The lowest BCUT2D eigenvalue weighted by atomic mass is 10.00. The van der Waals surface area contributed by atoms with E-state index >= 15 is 0 Å². The van der Waals surface area contributed by atoms with Gasteiger partial charge in [0.25, 0.3) is 5.82 Å². The number of nitrogens with zero attached hydrogens (tertiary/aromatic N) is 1. The molecule has 1 rings (SSSR count). The third-order valence-corrected chi connectivity index (χ3v) is 6.15. The topological polar surface area (TPSA) is 19.7 Å². The second kappa shape index (κ2) is 16.2. The first-order chi connectivity index (χ1) is 13.2. The van der Waals surface area contributed by atoms with Gasteiger partial charge in [0.1, 0.15) is 12.4 Å². The highest BCUT2D eigenvalue weighted by Gasteiger charge is 2.21. The Hall–Kier alpha value is -0.790. The number of aromatic amines is 1. The van der Waals surface area contributed by atoms with Gasteiger partial charge >= 0.3 is 0 Å². The number of imidazole rings is 1. The first kappa shape index (κ1) is 24.2. The third-order valence-electron chi connectivity index (χ3n) is 6.15. The van der Waals surface area contributed by atoms with Gasteiger partial charge in [-0.1, -0.05) is 104 Å². The molecular weight excluding hydrogens is 328 g/mol. The molecule has 0 saturated heterocycles. The molecule has 1 aromatic rings. The van der Waals surface area contributed by atoms with Crippen LogP contribution >= 0.6 is 0 Å². The number of hydrogen-bond donors (Lipinski definition) is 1. The summed E-state index contributed by atoms with van der Waals surface area (Å²) in [7, 11) is 0. The largest absolute Gasteiger partial charge is 0.257 e. The lowest BCUT2D eigenvalue weighted by Gasteiger charge is -2.14. The lowest BCUT2D eigenvalue weighted by Crippen LogP contribution is -2.40. The summed E-state index contributed by atoms with van der Waals surface area (Å²) in [6, 6.07) is 0.623. The molecule has 0 fully saturated rings. The van der Waals surface area contributed by atoms with E-state index in [1.165, 1.54) is 109 Å². The first-order valence-corrected chi connectivity index (χ1v) is 12.3. The van der Waals surface area contributed by atoms with E-state index in [1.54, 1.807) is 0 Å². The summed E-state index contributed by atoms with van der Waals surface area (Å²) in [4.78, 5) is 3.54. The van der Waals surface area contributed by atoms with Gasteiger partial charge in [-0.25, -0.2) is 9.55 Å². The number of hydrogen-bond acceptors (Lipinski definition) is 0. The van der Waals surface area contributed by atoms with Gasteiger partial charge in [0.2, 0.25) is 0 Å². The standard InChI is InChI=1S/C25H48N2/c1-5-7-9-11-12-13-14-15-16-17-19-23(3)25-26-21-22-27(25)24(4)20-18-10-8-6-2/h21-24H,5-20H2,1-4H3/p+1. The van der Waals surface area contributed by atoms with E-state index < -0.39 is 0 Å². The summed E-state index contributed by atoms with van der Waals surface area (Å²) in [5.74, 6) is 2.08. The Kier molecular flexibility index (Phi) is 14.5. The molecular formula is C25H49N2+. The zero-order chi connectivity index (χ0) is 19.7. The molecule has 0 aliphatic heterocycles. The second-order valence-corrected chi connectivity index (χ2v) is 8.82. The molecule has 0 aliphatic rings. The van der Waals surface area contributed by atoms with Gasteiger partial charge in [0.15, 0.2) is 0 Å². The molecule has 1 heterocycles. The van der Waals surface area contributed by atoms with Gasteiger partial charge in [0, 0.05) is 0 Å². The summed E-state index contributed by atoms with van der Waals surface area (Å²) < 4.78 is 2.51. The van der Waals surface area contributed by atoms with Crippen LogP contribution in [0.4, 0.5) is 0 Å². The Bertz CT molecular complexity index is 437. The third kappa shape index (κ3) is 11.0. The first-order valence-electron chi connectivity index (χ1n) is 12.3. The van der Waals surface area contributed by atoms with Crippen molar-refractivity contribution in [2.45, 2.75) is 142 Å². The van der Waals surface area contributed by atoms with Gasteiger partial charge in [0.05, 0.1) is 12.0 Å². The van der Waals surface area contributed by atoms with E-state index in [9.17, 15) is 0 Å². The fourth-order valence-corrected chi connectivity index (χ4v) is 4.22. The highest BCUT2D eigenvalue weighted by atomic mass is 15.1. The molecule has 0 saturated carbocycles. The zero-order valence-corrected chi connectivity index (χ0v) is 19.1. The van der Waals surface area contributed by atoms with Gasteiger partial charge in [-0.15, -0.1) is 0 Å². The fraction of sp³-hybridized carbons (Fsp3) is 0.880. The minimum Gasteiger partial charge on any atom is -0.247 e. The normalized spacial score (nSPS) is 13.8. The Balaban J connectivity index is 2.16. The molecule has 2 unspecified atom stereocenters. The highest BCUT2D eigenvalue weighted by Crippen LogP contribution is 2.21. The molecule has 2 nitrogen and oxygen atoms in total. The smallest absolute Gasteiger partial charge is 0.247 e. The van der Waals surface area contributed by atoms with Crippen molar-refractivity contribution in [3.8, 4) is 0 Å². The molecule has 0 radical (unpaired) electrons. The molecule has 0 aliphatic carbocycles. The summed E-state index contributed by atoms with van der Waals surface area (Å²) in [6.07, 6.45) is 26.7. The van der Waals surface area contributed by atoms with Crippen LogP contribution in [0.15, 0.2) is 12.4 Å². The van der Waals surface area contributed by atoms with E-state index in [2.05, 4.69) is 49.6 Å². The lowest BCUT2D eigenvalue weighted by molar-refractivity contribution is -0.727. The SMILES string of the molecule is CCCCCCCCCCCCC(C)c1[nH]cc[n+]1C(C)CCCCCC. The number of aromatic nitrogens is 2. The maximum Gasteiger partial charge on any atom is 0.257 e. The average molecular weight is 378 g/mol. The van der Waals surface area contributed by atoms with Crippen LogP contribution in [0.1, 0.15) is 148 Å². The predicted octanol–water partition coefficient (Wildman–Crippen LogP) is 8.25. The van der Waals surface area contributed by atoms with Crippen LogP contribution in [0.25, 0.3) is 0 Å². The second-order valence-electron chi connectivity index (χ2n) is 8.82. The van der Waals surface area contributed by atoms with Gasteiger partial charge in [-0.3, -0.25) is 0 Å². The molecule has 1 aromatic heterocycles. The van der Waals surface area contributed by atoms with E-state index in [0.717, 1.165) is 0 Å². The fourth-order valence-electron chi connectivity index (χ4n) is 4.22. The van der Waals surface area contributed by atoms with E-state index in [1.807, 2.05) is 0 Å². The van der Waals surface area contributed by atoms with Crippen molar-refractivity contribution in [1.29, 1.82) is 0 Å². The molecule has 2 atom stereocenters. The summed E-state index contributed by atoms with van der Waals surface area (Å²) in [5, 5.41) is 0. The molecule has 0 aromatic carbocycles. The molecule has 158 valence electrons. The van der Waals surface area contributed by atoms with Crippen LogP contribution in [0.3, 0.4) is 0 Å². The van der Waals surface area contributed by atoms with Crippen molar-refractivity contribution in [1.82, 2.24) is 4.98 Å². The zero-order valence-electron chi connectivity index (χ0n) is 19.1. The maximum absolute atomic E-state index is 3.54. The molecule has 1 N–H and O–H groups in total. The number of rotatable bonds is 18. The molecule has 27 heavy (non-hydrogen) atoms. The van der Waals surface area contributed by atoms with Crippen molar-refractivity contribution in [3.63, 3.8) is 0 Å². The van der Waals surface area contributed by atoms with Crippen LogP contribution in [-0.2, 0) is 0 Å². The number of nitrogens with one attached hydrogen (secondary N) is 1. The van der Waals surface area contributed by atoms with Gasteiger partial charge < -0.3 is 0 Å². The van der Waals surface area contributed by atoms with Crippen molar-refractivity contribution in [2.24, 2.45) is 0 Å². The van der Waals surface area contributed by atoms with Crippen molar-refractivity contribution in [3.05, 3.63) is 18.2 Å². The molecule has 0 bridgehead atoms. The number of unbranched alkanes of at least 4 members (excludes halogenated alkanes) is 12. The monoisotopic (exact) mass is 377 g/mol.